The third-order valence-electron chi connectivity index (χ3n) is 3.49. The maximum absolute atomic E-state index is 11.8. The monoisotopic (exact) mass is 450 g/mol. The normalized spacial score (nSPS) is 10.8. The van der Waals surface area contributed by atoms with Crippen LogP contribution < -0.4 is 0 Å². The Bertz CT molecular complexity index is 455. The van der Waals surface area contributed by atoms with E-state index in [-0.39, 0.29) is 38.4 Å². The van der Waals surface area contributed by atoms with Gasteiger partial charge in [-0.25, -0.2) is 4.79 Å². The molecule has 10 heteroatoms. The van der Waals surface area contributed by atoms with Crippen molar-refractivity contribution in [3.8, 4) is 0 Å². The average Bonchev–Trinajstić information content (AvgIpc) is 2.76. The number of hydrogen-bond donors (Lipinski definition) is 0. The molecule has 0 fully saturated rings. The molecule has 0 bridgehead atoms. The minimum atomic E-state index is -0.658. The van der Waals surface area contributed by atoms with Gasteiger partial charge in [0.25, 0.3) is 0 Å². The van der Waals surface area contributed by atoms with E-state index in [9.17, 15) is 9.59 Å². The van der Waals surface area contributed by atoms with Crippen molar-refractivity contribution in [2.45, 2.75) is 20.3 Å². The molecule has 0 N–H and O–H groups in total. The van der Waals surface area contributed by atoms with Crippen molar-refractivity contribution in [1.82, 2.24) is 0 Å². The number of esters is 2. The van der Waals surface area contributed by atoms with Crippen LogP contribution in [0.15, 0.2) is 12.2 Å². The van der Waals surface area contributed by atoms with Crippen molar-refractivity contribution in [1.29, 1.82) is 0 Å². The molecule has 0 aliphatic rings. The van der Waals surface area contributed by atoms with Gasteiger partial charge in [0.05, 0.1) is 72.5 Å². The van der Waals surface area contributed by atoms with Gasteiger partial charge in [-0.3, -0.25) is 4.79 Å². The van der Waals surface area contributed by atoms with Crippen molar-refractivity contribution >= 4 is 11.9 Å². The van der Waals surface area contributed by atoms with Crippen LogP contribution in [0.1, 0.15) is 20.3 Å². The van der Waals surface area contributed by atoms with E-state index in [2.05, 4.69) is 6.58 Å². The molecule has 182 valence electrons. The zero-order valence-electron chi connectivity index (χ0n) is 18.9. The standard InChI is InChI=1S/C21H38O10/c1-4-24-6-8-26-10-12-28-14-16-30-20(22)18-19(3)21(23)31-17-15-29-13-11-27-9-7-25-5-2/h3-18H2,1-2H3. The number of hydrogen-bond acceptors (Lipinski definition) is 10. The molecular weight excluding hydrogens is 412 g/mol. The molecule has 0 atom stereocenters. The summed E-state index contributed by atoms with van der Waals surface area (Å²) in [5.74, 6) is -1.23. The van der Waals surface area contributed by atoms with E-state index in [1.165, 1.54) is 0 Å². The zero-order chi connectivity index (χ0) is 23.0. The molecule has 0 saturated carbocycles. The van der Waals surface area contributed by atoms with Crippen LogP contribution in [-0.4, -0.2) is 104 Å². The van der Waals surface area contributed by atoms with Gasteiger partial charge < -0.3 is 37.9 Å². The largest absolute Gasteiger partial charge is 0.463 e. The smallest absolute Gasteiger partial charge is 0.334 e. The minimum Gasteiger partial charge on any atom is -0.463 e. The second-order valence-electron chi connectivity index (χ2n) is 5.98. The number of rotatable bonds is 23. The van der Waals surface area contributed by atoms with Gasteiger partial charge in [0, 0.05) is 18.8 Å². The summed E-state index contributed by atoms with van der Waals surface area (Å²) >= 11 is 0. The lowest BCUT2D eigenvalue weighted by molar-refractivity contribution is -0.148. The molecule has 0 saturated heterocycles. The molecule has 0 spiro atoms. The van der Waals surface area contributed by atoms with Gasteiger partial charge in [-0.2, -0.15) is 0 Å². The molecule has 0 aromatic rings. The van der Waals surface area contributed by atoms with Crippen molar-refractivity contribution in [2.24, 2.45) is 0 Å². The minimum absolute atomic E-state index is 0.0212. The van der Waals surface area contributed by atoms with Gasteiger partial charge in [0.15, 0.2) is 0 Å². The lowest BCUT2D eigenvalue weighted by Crippen LogP contribution is -2.18. The molecule has 10 nitrogen and oxygen atoms in total. The third kappa shape index (κ3) is 21.5. The van der Waals surface area contributed by atoms with Crippen LogP contribution in [0.25, 0.3) is 0 Å². The Kier molecular flexibility index (Phi) is 21.9. The van der Waals surface area contributed by atoms with Crippen molar-refractivity contribution in [2.75, 3.05) is 92.5 Å². The average molecular weight is 451 g/mol. The summed E-state index contributed by atoms with van der Waals surface area (Å²) in [6, 6.07) is 0. The highest BCUT2D eigenvalue weighted by molar-refractivity contribution is 5.93. The fourth-order valence-corrected chi connectivity index (χ4v) is 1.98. The highest BCUT2D eigenvalue weighted by Crippen LogP contribution is 2.03. The maximum atomic E-state index is 11.8. The summed E-state index contributed by atoms with van der Waals surface area (Å²) in [4.78, 5) is 23.5. The van der Waals surface area contributed by atoms with Crippen LogP contribution in [0.2, 0.25) is 0 Å². The Morgan fingerprint density at radius 3 is 1.32 bits per heavy atom. The highest BCUT2D eigenvalue weighted by Gasteiger charge is 2.14. The maximum Gasteiger partial charge on any atom is 0.334 e. The van der Waals surface area contributed by atoms with Crippen molar-refractivity contribution < 1.29 is 47.5 Å². The molecule has 0 heterocycles. The van der Waals surface area contributed by atoms with Crippen LogP contribution >= 0.6 is 0 Å². The van der Waals surface area contributed by atoms with E-state index in [1.54, 1.807) is 0 Å². The SMILES string of the molecule is C=C(CC(=O)OCCOCCOCCOCC)C(=O)OCCOCCOCCOCC. The Labute approximate surface area is 185 Å². The highest BCUT2D eigenvalue weighted by atomic mass is 16.6. The molecule has 0 aliphatic carbocycles. The van der Waals surface area contributed by atoms with E-state index < -0.39 is 11.9 Å². The van der Waals surface area contributed by atoms with Gasteiger partial charge >= 0.3 is 11.9 Å². The molecular formula is C21H38O10. The third-order valence-corrected chi connectivity index (χ3v) is 3.49. The van der Waals surface area contributed by atoms with Gasteiger partial charge in [-0.15, -0.1) is 0 Å². The first-order chi connectivity index (χ1) is 15.1. The second kappa shape index (κ2) is 23.1. The molecule has 0 rings (SSSR count). The van der Waals surface area contributed by atoms with E-state index in [0.29, 0.717) is 66.1 Å². The lowest BCUT2D eigenvalue weighted by atomic mass is 10.2. The van der Waals surface area contributed by atoms with Crippen LogP contribution in [0, 0.1) is 0 Å². The number of ether oxygens (including phenoxy) is 8. The predicted molar refractivity (Wildman–Crippen MR) is 112 cm³/mol. The van der Waals surface area contributed by atoms with Gasteiger partial charge in [-0.1, -0.05) is 6.58 Å². The van der Waals surface area contributed by atoms with Crippen LogP contribution in [-0.2, 0) is 47.5 Å². The van der Waals surface area contributed by atoms with Crippen LogP contribution in [0.3, 0.4) is 0 Å². The first kappa shape index (κ1) is 29.4. The van der Waals surface area contributed by atoms with E-state index in [0.717, 1.165) is 0 Å². The predicted octanol–water partition coefficient (Wildman–Crippen LogP) is 1.16. The van der Waals surface area contributed by atoms with Gasteiger partial charge in [0.2, 0.25) is 0 Å². The molecule has 0 amide bonds. The van der Waals surface area contributed by atoms with Gasteiger partial charge in [0.1, 0.15) is 13.2 Å². The fraction of sp³-hybridized carbons (Fsp3) is 0.810. The number of carbonyl (C=O) groups excluding carboxylic acids is 2. The molecule has 0 unspecified atom stereocenters. The fourth-order valence-electron chi connectivity index (χ4n) is 1.98. The summed E-state index contributed by atoms with van der Waals surface area (Å²) in [5, 5.41) is 0. The van der Waals surface area contributed by atoms with Crippen LogP contribution in [0.4, 0.5) is 0 Å². The molecule has 0 aliphatic heterocycles. The summed E-state index contributed by atoms with van der Waals surface area (Å²) in [5.41, 5.74) is 0.0212. The first-order valence-electron chi connectivity index (χ1n) is 10.6. The molecule has 0 aromatic heterocycles. The Morgan fingerprint density at radius 1 is 0.548 bits per heavy atom. The lowest BCUT2D eigenvalue weighted by Gasteiger charge is -2.09. The van der Waals surface area contributed by atoms with E-state index >= 15 is 0 Å². The Balaban J connectivity index is 3.49. The second-order valence-corrected chi connectivity index (χ2v) is 5.98. The molecule has 31 heavy (non-hydrogen) atoms. The Hall–Kier alpha value is -1.56. The molecule has 0 aromatic carbocycles. The zero-order valence-corrected chi connectivity index (χ0v) is 18.9. The van der Waals surface area contributed by atoms with Crippen LogP contribution in [0.5, 0.6) is 0 Å². The Morgan fingerprint density at radius 2 is 0.903 bits per heavy atom. The summed E-state index contributed by atoms with van der Waals surface area (Å²) < 4.78 is 41.3. The quantitative estimate of drug-likeness (QED) is 0.128. The first-order valence-corrected chi connectivity index (χ1v) is 10.6. The van der Waals surface area contributed by atoms with Crippen molar-refractivity contribution in [3.63, 3.8) is 0 Å². The van der Waals surface area contributed by atoms with Crippen molar-refractivity contribution in [3.05, 3.63) is 12.2 Å². The summed E-state index contributed by atoms with van der Waals surface area (Å²) in [6.45, 7) is 13.1. The summed E-state index contributed by atoms with van der Waals surface area (Å²) in [6.07, 6.45) is -0.242. The number of carbonyl (C=O) groups is 2. The van der Waals surface area contributed by atoms with Gasteiger partial charge in [-0.05, 0) is 13.8 Å². The summed E-state index contributed by atoms with van der Waals surface area (Å²) in [7, 11) is 0. The topological polar surface area (TPSA) is 108 Å². The van der Waals surface area contributed by atoms with E-state index in [1.807, 2.05) is 13.8 Å². The van der Waals surface area contributed by atoms with E-state index in [4.69, 9.17) is 37.9 Å². The molecule has 0 radical (unpaired) electrons.